The number of nitrogens with one attached hydrogen (secondary N) is 2. The number of amides is 2. The summed E-state index contributed by atoms with van der Waals surface area (Å²) in [5.41, 5.74) is 1.75. The number of oxazole rings is 1. The van der Waals surface area contributed by atoms with Crippen LogP contribution in [0.3, 0.4) is 0 Å². The molecule has 4 rings (SSSR count). The molecular weight excluding hydrogens is 425 g/mol. The van der Waals surface area contributed by atoms with Gasteiger partial charge in [0, 0.05) is 30.2 Å². The number of carbonyl (C=O) groups excluding carboxylic acids is 2. The van der Waals surface area contributed by atoms with E-state index in [2.05, 4.69) is 15.6 Å². The van der Waals surface area contributed by atoms with Gasteiger partial charge in [0.25, 0.3) is 11.8 Å². The smallest absolute Gasteiger partial charge is 0.267 e. The first kappa shape index (κ1) is 21.8. The summed E-state index contributed by atoms with van der Waals surface area (Å²) in [6, 6.07) is 17.8. The first-order chi connectivity index (χ1) is 16.1. The van der Waals surface area contributed by atoms with Gasteiger partial charge >= 0.3 is 0 Å². The highest BCUT2D eigenvalue weighted by Crippen LogP contribution is 2.19. The molecule has 166 valence electrons. The number of hydrogen-bond acceptors (Lipinski definition) is 5. The maximum absolute atomic E-state index is 13.1. The predicted octanol–water partition coefficient (Wildman–Crippen LogP) is 4.20. The largest absolute Gasteiger partial charge is 0.465 e. The first-order valence-corrected chi connectivity index (χ1v) is 10.2. The first-order valence-electron chi connectivity index (χ1n) is 10.2. The average Bonchev–Trinajstić information content (AvgIpc) is 3.52. The fraction of sp³-hybridized carbons (Fsp3) is 0.0800. The van der Waals surface area contributed by atoms with Crippen molar-refractivity contribution in [3.05, 3.63) is 108 Å². The van der Waals surface area contributed by atoms with Gasteiger partial charge in [0.15, 0.2) is 0 Å². The molecule has 2 aromatic carbocycles. The molecule has 0 saturated carbocycles. The zero-order chi connectivity index (χ0) is 23.0. The van der Waals surface area contributed by atoms with Gasteiger partial charge in [0.2, 0.25) is 5.89 Å². The summed E-state index contributed by atoms with van der Waals surface area (Å²) in [4.78, 5) is 29.7. The van der Waals surface area contributed by atoms with Gasteiger partial charge in [-0.05, 0) is 48.5 Å². The maximum Gasteiger partial charge on any atom is 0.267 e. The van der Waals surface area contributed by atoms with Crippen molar-refractivity contribution in [3.8, 4) is 11.5 Å². The highest BCUT2D eigenvalue weighted by atomic mass is 19.1. The van der Waals surface area contributed by atoms with Crippen LogP contribution in [0.15, 0.2) is 93.8 Å². The van der Waals surface area contributed by atoms with Crippen LogP contribution < -0.4 is 10.6 Å². The van der Waals surface area contributed by atoms with Crippen molar-refractivity contribution < 1.29 is 22.8 Å². The van der Waals surface area contributed by atoms with Crippen LogP contribution in [0.2, 0.25) is 0 Å². The van der Waals surface area contributed by atoms with Crippen LogP contribution in [0.5, 0.6) is 0 Å². The molecule has 2 N–H and O–H groups in total. The van der Waals surface area contributed by atoms with Crippen LogP contribution >= 0.6 is 0 Å². The van der Waals surface area contributed by atoms with E-state index in [1.165, 1.54) is 30.7 Å². The average molecular weight is 445 g/mol. The molecule has 2 aromatic heterocycles. The second-order valence-electron chi connectivity index (χ2n) is 7.05. The molecule has 0 aliphatic rings. The molecule has 4 aromatic rings. The van der Waals surface area contributed by atoms with Gasteiger partial charge in [-0.3, -0.25) is 9.59 Å². The van der Waals surface area contributed by atoms with Gasteiger partial charge in [0.05, 0.1) is 12.0 Å². The van der Waals surface area contributed by atoms with Gasteiger partial charge in [-0.1, -0.05) is 18.2 Å². The topological polar surface area (TPSA) is 97.4 Å². The Morgan fingerprint density at radius 1 is 0.970 bits per heavy atom. The van der Waals surface area contributed by atoms with E-state index >= 15 is 0 Å². The van der Waals surface area contributed by atoms with Gasteiger partial charge in [-0.25, -0.2) is 9.37 Å². The summed E-state index contributed by atoms with van der Waals surface area (Å²) in [5.74, 6) is -0.438. The van der Waals surface area contributed by atoms with E-state index in [0.717, 1.165) is 0 Å². The quantitative estimate of drug-likeness (QED) is 0.396. The highest BCUT2D eigenvalue weighted by Gasteiger charge is 2.15. The lowest BCUT2D eigenvalue weighted by Gasteiger charge is -2.10. The molecule has 0 fully saturated rings. The molecule has 0 aliphatic heterocycles. The summed E-state index contributed by atoms with van der Waals surface area (Å²) >= 11 is 0. The monoisotopic (exact) mass is 445 g/mol. The Balaban J connectivity index is 1.39. The number of nitrogens with zero attached hydrogens (tertiary/aromatic N) is 1. The minimum atomic E-state index is -0.474. The Morgan fingerprint density at radius 2 is 1.76 bits per heavy atom. The van der Waals surface area contributed by atoms with E-state index in [9.17, 15) is 14.0 Å². The Bertz CT molecular complexity index is 1250. The molecule has 0 unspecified atom stereocenters. The molecule has 8 heteroatoms. The summed E-state index contributed by atoms with van der Waals surface area (Å²) in [7, 11) is 0. The lowest BCUT2D eigenvalue weighted by Crippen LogP contribution is -2.35. The highest BCUT2D eigenvalue weighted by molar-refractivity contribution is 6.05. The number of halogens is 1. The Hall–Kier alpha value is -4.46. The van der Waals surface area contributed by atoms with Crippen molar-refractivity contribution >= 4 is 17.9 Å². The fourth-order valence-electron chi connectivity index (χ4n) is 3.00. The number of hydrogen-bond donors (Lipinski definition) is 2. The minimum absolute atomic E-state index is 0.0472. The lowest BCUT2D eigenvalue weighted by molar-refractivity contribution is -0.117. The number of benzene rings is 2. The Kier molecular flexibility index (Phi) is 6.75. The predicted molar refractivity (Wildman–Crippen MR) is 119 cm³/mol. The van der Waals surface area contributed by atoms with E-state index < -0.39 is 11.8 Å². The zero-order valence-electron chi connectivity index (χ0n) is 17.5. The van der Waals surface area contributed by atoms with Crippen LogP contribution in [0.4, 0.5) is 4.39 Å². The molecular formula is C25H20FN3O4. The normalized spacial score (nSPS) is 11.2. The fourth-order valence-corrected chi connectivity index (χ4v) is 3.00. The van der Waals surface area contributed by atoms with Crippen LogP contribution in [0.25, 0.3) is 17.5 Å². The zero-order valence-corrected chi connectivity index (χ0v) is 17.5. The van der Waals surface area contributed by atoms with E-state index in [-0.39, 0.29) is 18.1 Å². The second kappa shape index (κ2) is 10.2. The van der Waals surface area contributed by atoms with E-state index in [0.29, 0.717) is 34.9 Å². The Labute approximate surface area is 188 Å². The molecule has 0 bridgehead atoms. The lowest BCUT2D eigenvalue weighted by atomic mass is 10.2. The third-order valence-electron chi connectivity index (χ3n) is 4.67. The standard InChI is InChI=1S/C25H20FN3O4/c26-19-10-8-18(9-11-19)25-28-20(16-33-25)12-13-27-24(31)22(15-21-7-4-14-32-21)29-23(30)17-5-2-1-3-6-17/h1-11,14-16H,12-13H2,(H,27,31)(H,29,30). The third kappa shape index (κ3) is 5.82. The molecule has 7 nitrogen and oxygen atoms in total. The molecule has 0 spiro atoms. The van der Waals surface area contributed by atoms with Crippen molar-refractivity contribution in [2.24, 2.45) is 0 Å². The molecule has 33 heavy (non-hydrogen) atoms. The number of furan rings is 1. The van der Waals surface area contributed by atoms with Gasteiger partial charge < -0.3 is 19.5 Å². The third-order valence-corrected chi connectivity index (χ3v) is 4.67. The maximum atomic E-state index is 13.1. The molecule has 0 saturated heterocycles. The minimum Gasteiger partial charge on any atom is -0.465 e. The second-order valence-corrected chi connectivity index (χ2v) is 7.05. The van der Waals surface area contributed by atoms with Crippen molar-refractivity contribution in [3.63, 3.8) is 0 Å². The molecule has 2 amide bonds. The summed E-state index contributed by atoms with van der Waals surface area (Å²) < 4.78 is 23.8. The van der Waals surface area contributed by atoms with Crippen LogP contribution in [-0.4, -0.2) is 23.3 Å². The number of aromatic nitrogens is 1. The van der Waals surface area contributed by atoms with Gasteiger partial charge in [0.1, 0.15) is 23.5 Å². The van der Waals surface area contributed by atoms with Crippen molar-refractivity contribution in [2.75, 3.05) is 6.54 Å². The van der Waals surface area contributed by atoms with E-state index in [1.807, 2.05) is 0 Å². The molecule has 2 heterocycles. The van der Waals surface area contributed by atoms with Crippen molar-refractivity contribution in [1.82, 2.24) is 15.6 Å². The van der Waals surface area contributed by atoms with Crippen LogP contribution in [-0.2, 0) is 11.2 Å². The number of rotatable bonds is 8. The van der Waals surface area contributed by atoms with Crippen LogP contribution in [0.1, 0.15) is 21.8 Å². The van der Waals surface area contributed by atoms with Gasteiger partial charge in [-0.15, -0.1) is 0 Å². The summed E-state index contributed by atoms with van der Waals surface area (Å²) in [5, 5.41) is 5.40. The van der Waals surface area contributed by atoms with Crippen LogP contribution in [0, 0.1) is 5.82 Å². The van der Waals surface area contributed by atoms with Crippen molar-refractivity contribution in [1.29, 1.82) is 0 Å². The molecule has 0 radical (unpaired) electrons. The van der Waals surface area contributed by atoms with Gasteiger partial charge in [-0.2, -0.15) is 0 Å². The Morgan fingerprint density at radius 3 is 2.48 bits per heavy atom. The summed E-state index contributed by atoms with van der Waals surface area (Å²) in [6.07, 6.45) is 4.82. The summed E-state index contributed by atoms with van der Waals surface area (Å²) in [6.45, 7) is 0.255. The number of carbonyl (C=O) groups is 2. The van der Waals surface area contributed by atoms with E-state index in [1.54, 1.807) is 54.6 Å². The van der Waals surface area contributed by atoms with Crippen molar-refractivity contribution in [2.45, 2.75) is 6.42 Å². The SMILES string of the molecule is O=C(NCCc1coc(-c2ccc(F)cc2)n1)C(=Cc1ccco1)NC(=O)c1ccccc1. The molecule has 0 atom stereocenters. The molecule has 0 aliphatic carbocycles. The van der Waals surface area contributed by atoms with E-state index in [4.69, 9.17) is 8.83 Å².